The highest BCUT2D eigenvalue weighted by Gasteiger charge is 2.11. The van der Waals surface area contributed by atoms with E-state index in [1.807, 2.05) is 31.4 Å². The Morgan fingerprint density at radius 2 is 2.00 bits per heavy atom. The number of benzene rings is 1. The number of aryl methyl sites for hydroxylation is 2. The summed E-state index contributed by atoms with van der Waals surface area (Å²) in [6.07, 6.45) is 0. The number of carbonyl (C=O) groups excluding carboxylic acids is 1. The molecule has 0 atom stereocenters. The van der Waals surface area contributed by atoms with Crippen molar-refractivity contribution in [1.82, 2.24) is 4.57 Å². The van der Waals surface area contributed by atoms with Gasteiger partial charge in [-0.1, -0.05) is 6.07 Å². The van der Waals surface area contributed by atoms with E-state index >= 15 is 0 Å². The van der Waals surface area contributed by atoms with Crippen LogP contribution in [-0.2, 0) is 11.3 Å². The van der Waals surface area contributed by atoms with Crippen LogP contribution < -0.4 is 9.54 Å². The normalized spacial score (nSPS) is 11.8. The van der Waals surface area contributed by atoms with Gasteiger partial charge in [0, 0.05) is 29.8 Å². The van der Waals surface area contributed by atoms with Crippen molar-refractivity contribution in [1.29, 1.82) is 0 Å². The Bertz CT molecular complexity index is 775. The van der Waals surface area contributed by atoms with Crippen LogP contribution in [0.25, 0.3) is 0 Å². The summed E-state index contributed by atoms with van der Waals surface area (Å²) in [5.74, 6) is 0.424. The summed E-state index contributed by atoms with van der Waals surface area (Å²) in [5, 5.41) is 0. The maximum absolute atomic E-state index is 12.5. The highest BCUT2D eigenvalue weighted by Crippen LogP contribution is 2.19. The molecule has 0 fully saturated rings. The minimum Gasteiger partial charge on any atom is -0.496 e. The largest absolute Gasteiger partial charge is 0.496 e. The lowest BCUT2D eigenvalue weighted by Crippen LogP contribution is -2.20. The van der Waals surface area contributed by atoms with Crippen LogP contribution in [0.4, 0.5) is 0 Å². The molecule has 6 heteroatoms. The molecular weight excluding hydrogens is 312 g/mol. The van der Waals surface area contributed by atoms with E-state index in [1.54, 1.807) is 26.4 Å². The molecule has 1 aromatic carbocycles. The lowest BCUT2D eigenvalue weighted by Gasteiger charge is -2.06. The summed E-state index contributed by atoms with van der Waals surface area (Å²) in [4.78, 5) is 18.6. The molecule has 0 unspecified atom stereocenters. The van der Waals surface area contributed by atoms with Crippen LogP contribution in [0.1, 0.15) is 26.5 Å². The molecule has 0 saturated heterocycles. The first-order valence-corrected chi connectivity index (χ1v) is 8.19. The van der Waals surface area contributed by atoms with Crippen LogP contribution in [0.15, 0.2) is 23.2 Å². The Morgan fingerprint density at radius 1 is 1.26 bits per heavy atom. The van der Waals surface area contributed by atoms with Crippen molar-refractivity contribution >= 4 is 17.2 Å². The van der Waals surface area contributed by atoms with E-state index in [4.69, 9.17) is 9.47 Å². The summed E-state index contributed by atoms with van der Waals surface area (Å²) >= 11 is 1.52. The Balaban J connectivity index is 2.41. The molecule has 0 spiro atoms. The van der Waals surface area contributed by atoms with E-state index in [1.165, 1.54) is 11.3 Å². The molecule has 124 valence electrons. The topological polar surface area (TPSA) is 52.8 Å². The Kier molecular flexibility index (Phi) is 5.74. The third kappa shape index (κ3) is 3.89. The summed E-state index contributed by atoms with van der Waals surface area (Å²) in [6.45, 7) is 7.25. The van der Waals surface area contributed by atoms with Gasteiger partial charge < -0.3 is 14.0 Å². The molecule has 1 amide bonds. The van der Waals surface area contributed by atoms with Gasteiger partial charge in [-0.05, 0) is 38.5 Å². The van der Waals surface area contributed by atoms with E-state index < -0.39 is 0 Å². The van der Waals surface area contributed by atoms with Crippen molar-refractivity contribution in [3.8, 4) is 5.75 Å². The molecule has 1 aromatic heterocycles. The van der Waals surface area contributed by atoms with Gasteiger partial charge in [-0.2, -0.15) is 4.99 Å². The summed E-state index contributed by atoms with van der Waals surface area (Å²) < 4.78 is 12.4. The fourth-order valence-corrected chi connectivity index (χ4v) is 3.23. The Labute approximate surface area is 140 Å². The van der Waals surface area contributed by atoms with Crippen molar-refractivity contribution < 1.29 is 14.3 Å². The second-order valence-corrected chi connectivity index (χ2v) is 6.45. The zero-order chi connectivity index (χ0) is 17.0. The van der Waals surface area contributed by atoms with Gasteiger partial charge >= 0.3 is 0 Å². The highest BCUT2D eigenvalue weighted by molar-refractivity contribution is 7.09. The number of carbonyl (C=O) groups is 1. The molecule has 0 saturated carbocycles. The second kappa shape index (κ2) is 7.57. The van der Waals surface area contributed by atoms with Crippen LogP contribution in [0, 0.1) is 20.8 Å². The van der Waals surface area contributed by atoms with Crippen molar-refractivity contribution in [2.24, 2.45) is 4.99 Å². The zero-order valence-corrected chi connectivity index (χ0v) is 15.0. The van der Waals surface area contributed by atoms with Gasteiger partial charge in [-0.3, -0.25) is 4.79 Å². The minimum atomic E-state index is -0.268. The molecule has 0 N–H and O–H groups in total. The quantitative estimate of drug-likeness (QED) is 0.845. The Morgan fingerprint density at radius 3 is 2.65 bits per heavy atom. The number of thiazole rings is 1. The van der Waals surface area contributed by atoms with Crippen LogP contribution in [0.3, 0.4) is 0 Å². The standard InChI is InChI=1S/C17H22N2O3S/c1-11-6-7-14(10-15(11)22-5)16(20)18-17-19(8-9-21-4)12(2)13(3)23-17/h6-7,10H,8-9H2,1-5H3/b18-17-. The van der Waals surface area contributed by atoms with Gasteiger partial charge in [-0.15, -0.1) is 11.3 Å². The summed E-state index contributed by atoms with van der Waals surface area (Å²) in [7, 11) is 3.26. The average Bonchev–Trinajstić information content (AvgIpc) is 2.80. The predicted molar refractivity (Wildman–Crippen MR) is 91.3 cm³/mol. The summed E-state index contributed by atoms with van der Waals surface area (Å²) in [6, 6.07) is 5.37. The number of aromatic nitrogens is 1. The number of amides is 1. The zero-order valence-electron chi connectivity index (χ0n) is 14.2. The van der Waals surface area contributed by atoms with Gasteiger partial charge in [0.05, 0.1) is 13.7 Å². The maximum Gasteiger partial charge on any atom is 0.279 e. The fraction of sp³-hybridized carbons (Fsp3) is 0.412. The highest BCUT2D eigenvalue weighted by atomic mass is 32.1. The predicted octanol–water partition coefficient (Wildman–Crippen LogP) is 2.87. The fourth-order valence-electron chi connectivity index (χ4n) is 2.23. The van der Waals surface area contributed by atoms with E-state index in [0.717, 1.165) is 16.1 Å². The molecule has 0 aliphatic carbocycles. The lowest BCUT2D eigenvalue weighted by molar-refractivity contribution is 0.0997. The van der Waals surface area contributed by atoms with E-state index in [-0.39, 0.29) is 5.91 Å². The lowest BCUT2D eigenvalue weighted by atomic mass is 10.1. The third-order valence-corrected chi connectivity index (χ3v) is 4.86. The molecule has 23 heavy (non-hydrogen) atoms. The first kappa shape index (κ1) is 17.4. The van der Waals surface area contributed by atoms with E-state index in [9.17, 15) is 4.79 Å². The number of rotatable bonds is 5. The van der Waals surface area contributed by atoms with Gasteiger partial charge in [-0.25, -0.2) is 0 Å². The first-order chi connectivity index (χ1) is 11.0. The molecular formula is C17H22N2O3S. The van der Waals surface area contributed by atoms with Crippen LogP contribution >= 0.6 is 11.3 Å². The molecule has 2 aromatic rings. The molecule has 0 bridgehead atoms. The smallest absolute Gasteiger partial charge is 0.279 e. The molecule has 2 rings (SSSR count). The number of hydrogen-bond donors (Lipinski definition) is 0. The van der Waals surface area contributed by atoms with Crippen molar-refractivity contribution in [2.75, 3.05) is 20.8 Å². The average molecular weight is 334 g/mol. The van der Waals surface area contributed by atoms with E-state index in [0.29, 0.717) is 29.3 Å². The van der Waals surface area contributed by atoms with Crippen LogP contribution in [-0.4, -0.2) is 31.3 Å². The van der Waals surface area contributed by atoms with Gasteiger partial charge in [0.15, 0.2) is 4.80 Å². The first-order valence-electron chi connectivity index (χ1n) is 7.37. The van der Waals surface area contributed by atoms with Crippen LogP contribution in [0.2, 0.25) is 0 Å². The van der Waals surface area contributed by atoms with Crippen molar-refractivity contribution in [2.45, 2.75) is 27.3 Å². The maximum atomic E-state index is 12.5. The number of hydrogen-bond acceptors (Lipinski definition) is 4. The Hall–Kier alpha value is -1.92. The minimum absolute atomic E-state index is 0.268. The number of methoxy groups -OCH3 is 2. The van der Waals surface area contributed by atoms with Crippen LogP contribution in [0.5, 0.6) is 5.75 Å². The molecule has 0 aliphatic heterocycles. The number of nitrogens with zero attached hydrogens (tertiary/aromatic N) is 2. The second-order valence-electron chi connectivity index (χ2n) is 5.27. The van der Waals surface area contributed by atoms with Gasteiger partial charge in [0.1, 0.15) is 5.75 Å². The molecule has 1 heterocycles. The molecule has 0 radical (unpaired) electrons. The van der Waals surface area contributed by atoms with Crippen molar-refractivity contribution in [3.63, 3.8) is 0 Å². The summed E-state index contributed by atoms with van der Waals surface area (Å²) in [5.41, 5.74) is 2.62. The van der Waals surface area contributed by atoms with Crippen molar-refractivity contribution in [3.05, 3.63) is 44.7 Å². The van der Waals surface area contributed by atoms with Gasteiger partial charge in [0.25, 0.3) is 5.91 Å². The number of ether oxygens (including phenoxy) is 2. The third-order valence-electron chi connectivity index (χ3n) is 3.76. The van der Waals surface area contributed by atoms with E-state index in [2.05, 4.69) is 4.99 Å². The monoisotopic (exact) mass is 334 g/mol. The van der Waals surface area contributed by atoms with Gasteiger partial charge in [0.2, 0.25) is 0 Å². The molecule has 5 nitrogen and oxygen atoms in total. The molecule has 0 aliphatic rings. The SMILES string of the molecule is COCCn1c(C)c(C)s/c1=N\C(=O)c1ccc(C)c(OC)c1.